The van der Waals surface area contributed by atoms with Crippen LogP contribution >= 0.6 is 0 Å². The first-order valence-electron chi connectivity index (χ1n) is 12.5. The van der Waals surface area contributed by atoms with Gasteiger partial charge in [0.05, 0.1) is 18.9 Å². The zero-order chi connectivity index (χ0) is 24.3. The Morgan fingerprint density at radius 1 is 1.24 bits per heavy atom. The number of aliphatic imine (C=N–C) groups is 2. The number of carbonyl (C=O) groups excluding carboxylic acids is 1. The van der Waals surface area contributed by atoms with Crippen LogP contribution in [-0.2, 0) is 16.0 Å². The number of carbonyl (C=O) groups is 1. The van der Waals surface area contributed by atoms with Gasteiger partial charge in [-0.3, -0.25) is 15.6 Å². The van der Waals surface area contributed by atoms with E-state index in [2.05, 4.69) is 45.5 Å². The maximum Gasteiger partial charge on any atom is 0.225 e. The molecule has 8 heteroatoms. The van der Waals surface area contributed by atoms with Crippen molar-refractivity contribution in [1.82, 2.24) is 9.80 Å². The Morgan fingerprint density at radius 3 is 2.68 bits per heavy atom. The highest BCUT2D eigenvalue weighted by molar-refractivity contribution is 6.05. The van der Waals surface area contributed by atoms with Gasteiger partial charge in [0, 0.05) is 50.7 Å². The second kappa shape index (κ2) is 13.2. The lowest BCUT2D eigenvalue weighted by Crippen LogP contribution is -2.42. The molecule has 2 aliphatic rings. The number of benzene rings is 1. The number of nitrogens with zero attached hydrogens (tertiary/aromatic N) is 4. The molecule has 3 rings (SSSR count). The molecule has 2 heterocycles. The van der Waals surface area contributed by atoms with Gasteiger partial charge in [-0.1, -0.05) is 25.1 Å². The molecule has 8 nitrogen and oxygen atoms in total. The molecule has 0 aliphatic carbocycles. The molecule has 1 aromatic rings. The normalized spacial score (nSPS) is 17.4. The first kappa shape index (κ1) is 25.9. The van der Waals surface area contributed by atoms with E-state index in [0.717, 1.165) is 93.4 Å². The van der Waals surface area contributed by atoms with E-state index < -0.39 is 0 Å². The summed E-state index contributed by atoms with van der Waals surface area (Å²) in [5, 5.41) is 0. The molecule has 1 fully saturated rings. The number of hydrogen-bond donors (Lipinski definition) is 2. The molecule has 1 aromatic carbocycles. The minimum Gasteiger partial charge on any atom is -0.378 e. The Balaban J connectivity index is 1.65. The van der Waals surface area contributed by atoms with E-state index in [1.807, 2.05) is 30.9 Å². The van der Waals surface area contributed by atoms with Crippen LogP contribution in [0.5, 0.6) is 0 Å². The van der Waals surface area contributed by atoms with Crippen LogP contribution in [-0.4, -0.2) is 73.3 Å². The Hall–Kier alpha value is -2.71. The van der Waals surface area contributed by atoms with E-state index in [9.17, 15) is 4.79 Å². The number of nitrogens with one attached hydrogen (secondary N) is 1. The number of morpholine rings is 1. The number of anilines is 1. The van der Waals surface area contributed by atoms with E-state index >= 15 is 0 Å². The van der Waals surface area contributed by atoms with E-state index in [1.165, 1.54) is 0 Å². The van der Waals surface area contributed by atoms with Gasteiger partial charge in [0.1, 0.15) is 12.5 Å². The Morgan fingerprint density at radius 2 is 2.00 bits per heavy atom. The van der Waals surface area contributed by atoms with Crippen molar-refractivity contribution in [1.29, 1.82) is 0 Å². The minimum absolute atomic E-state index is 0.0232. The molecule has 1 saturated heterocycles. The van der Waals surface area contributed by atoms with Crippen LogP contribution in [0.1, 0.15) is 51.2 Å². The second-order valence-electron chi connectivity index (χ2n) is 8.71. The van der Waals surface area contributed by atoms with Crippen molar-refractivity contribution in [2.75, 3.05) is 51.5 Å². The van der Waals surface area contributed by atoms with Gasteiger partial charge in [-0.15, -0.1) is 0 Å². The molecule has 0 spiro atoms. The van der Waals surface area contributed by atoms with Crippen LogP contribution in [0.15, 0.2) is 34.3 Å². The third-order valence-electron chi connectivity index (χ3n) is 6.61. The van der Waals surface area contributed by atoms with E-state index in [1.54, 1.807) is 0 Å². The number of hydrogen-bond acceptors (Lipinski definition) is 7. The maximum absolute atomic E-state index is 12.7. The lowest BCUT2D eigenvalue weighted by Gasteiger charge is -2.31. The summed E-state index contributed by atoms with van der Waals surface area (Å²) in [6.45, 7) is 11.4. The summed E-state index contributed by atoms with van der Waals surface area (Å²) < 4.78 is 5.47. The molecule has 0 radical (unpaired) electrons. The van der Waals surface area contributed by atoms with Gasteiger partial charge in [-0.05, 0) is 49.9 Å². The average molecular weight is 469 g/mol. The summed E-state index contributed by atoms with van der Waals surface area (Å²) in [5.74, 6) is 7.17. The summed E-state index contributed by atoms with van der Waals surface area (Å²) in [4.78, 5) is 26.2. The third kappa shape index (κ3) is 6.90. The van der Waals surface area contributed by atoms with Gasteiger partial charge in [0.2, 0.25) is 5.91 Å². The quantitative estimate of drug-likeness (QED) is 0.406. The van der Waals surface area contributed by atoms with Crippen LogP contribution < -0.4 is 11.3 Å². The molecular weight excluding hydrogens is 428 g/mol. The number of allylic oxidation sites excluding steroid dienone is 1. The third-order valence-corrected chi connectivity index (χ3v) is 6.61. The number of hydrazine groups is 1. The molecule has 0 bridgehead atoms. The second-order valence-corrected chi connectivity index (χ2v) is 8.71. The summed E-state index contributed by atoms with van der Waals surface area (Å²) in [7, 11) is 0. The van der Waals surface area contributed by atoms with Crippen LogP contribution in [0.2, 0.25) is 0 Å². The SMILES string of the molecule is CCC(C/C=C/c1ccc(NN)c(CC2=NCN=C(N3CCOCC3)C2)c1)C(=O)N(CC)CC. The smallest absolute Gasteiger partial charge is 0.225 e. The fraction of sp³-hybridized carbons (Fsp3) is 0.577. The number of amides is 1. The summed E-state index contributed by atoms with van der Waals surface area (Å²) >= 11 is 0. The minimum atomic E-state index is 0.0232. The standard InChI is InChI=1S/C26H40N6O2/c1-4-21(26(33)31(5-2)6-3)9-7-8-20-10-11-24(30-27)22(16-20)17-23-18-25(29-19-28-23)32-12-14-34-15-13-32/h7-8,10-11,16,21,30H,4-6,9,12-15,17-19,27H2,1-3H3/b8-7+. The predicted molar refractivity (Wildman–Crippen MR) is 140 cm³/mol. The van der Waals surface area contributed by atoms with E-state index in [4.69, 9.17) is 10.6 Å². The zero-order valence-corrected chi connectivity index (χ0v) is 20.9. The first-order chi connectivity index (χ1) is 16.6. The fourth-order valence-electron chi connectivity index (χ4n) is 4.49. The fourth-order valence-corrected chi connectivity index (χ4v) is 4.49. The molecule has 2 aliphatic heterocycles. The number of amidine groups is 1. The molecule has 1 atom stereocenters. The first-order valence-corrected chi connectivity index (χ1v) is 12.5. The van der Waals surface area contributed by atoms with Gasteiger partial charge in [0.25, 0.3) is 0 Å². The monoisotopic (exact) mass is 468 g/mol. The van der Waals surface area contributed by atoms with Crippen molar-refractivity contribution in [2.45, 2.75) is 46.5 Å². The summed E-state index contributed by atoms with van der Waals surface area (Å²) in [6.07, 6.45) is 7.28. The topological polar surface area (TPSA) is 95.5 Å². The van der Waals surface area contributed by atoms with Crippen LogP contribution in [0, 0.1) is 5.92 Å². The predicted octanol–water partition coefficient (Wildman–Crippen LogP) is 3.35. The van der Waals surface area contributed by atoms with Crippen molar-refractivity contribution in [2.24, 2.45) is 21.7 Å². The number of nitrogens with two attached hydrogens (primary N) is 1. The van der Waals surface area contributed by atoms with Crippen molar-refractivity contribution in [3.05, 3.63) is 35.4 Å². The summed E-state index contributed by atoms with van der Waals surface area (Å²) in [6, 6.07) is 6.21. The molecule has 0 aromatic heterocycles. The van der Waals surface area contributed by atoms with Crippen molar-refractivity contribution < 1.29 is 9.53 Å². The largest absolute Gasteiger partial charge is 0.378 e. The summed E-state index contributed by atoms with van der Waals surface area (Å²) in [5.41, 5.74) is 7.05. The highest BCUT2D eigenvalue weighted by Gasteiger charge is 2.21. The lowest BCUT2D eigenvalue weighted by molar-refractivity contribution is -0.135. The number of nitrogen functional groups attached to an aromatic ring is 1. The number of ether oxygens (including phenoxy) is 1. The van der Waals surface area contributed by atoms with Gasteiger partial charge in [0.15, 0.2) is 0 Å². The molecule has 0 saturated carbocycles. The molecule has 186 valence electrons. The van der Waals surface area contributed by atoms with Crippen molar-refractivity contribution >= 4 is 29.2 Å². The Labute approximate surface area is 203 Å². The molecule has 3 N–H and O–H groups in total. The Kier molecular flexibility index (Phi) is 10.1. The molecule has 1 unspecified atom stereocenters. The van der Waals surface area contributed by atoms with Gasteiger partial charge < -0.3 is 20.0 Å². The van der Waals surface area contributed by atoms with Crippen molar-refractivity contribution in [3.63, 3.8) is 0 Å². The molecule has 34 heavy (non-hydrogen) atoms. The van der Waals surface area contributed by atoms with Crippen LogP contribution in [0.4, 0.5) is 5.69 Å². The Bertz CT molecular complexity index is 901. The molecular formula is C26H40N6O2. The van der Waals surface area contributed by atoms with E-state index in [-0.39, 0.29) is 11.8 Å². The number of rotatable bonds is 10. The zero-order valence-electron chi connectivity index (χ0n) is 20.9. The van der Waals surface area contributed by atoms with Gasteiger partial charge in [-0.25, -0.2) is 4.99 Å². The lowest BCUT2D eigenvalue weighted by atomic mass is 9.98. The van der Waals surface area contributed by atoms with Gasteiger partial charge >= 0.3 is 0 Å². The average Bonchev–Trinajstić information content (AvgIpc) is 2.88. The van der Waals surface area contributed by atoms with Crippen LogP contribution in [0.25, 0.3) is 6.08 Å². The van der Waals surface area contributed by atoms with Crippen molar-refractivity contribution in [3.8, 4) is 0 Å². The van der Waals surface area contributed by atoms with E-state index in [0.29, 0.717) is 6.67 Å². The molecule has 1 amide bonds. The van der Waals surface area contributed by atoms with Crippen LogP contribution in [0.3, 0.4) is 0 Å². The maximum atomic E-state index is 12.7. The van der Waals surface area contributed by atoms with Gasteiger partial charge in [-0.2, -0.15) is 0 Å². The highest BCUT2D eigenvalue weighted by Crippen LogP contribution is 2.22. The highest BCUT2D eigenvalue weighted by atomic mass is 16.5.